The zero-order chi connectivity index (χ0) is 25.9. The average molecular weight is 495 g/mol. The number of nitrogens with one attached hydrogen (secondary N) is 1. The smallest absolute Gasteiger partial charge is 0.295 e. The minimum absolute atomic E-state index is 0.145. The lowest BCUT2D eigenvalue weighted by Gasteiger charge is -2.38. The molecule has 1 N–H and O–H groups in total. The van der Waals surface area contributed by atoms with Crippen LogP contribution in [0.1, 0.15) is 18.9 Å². The van der Waals surface area contributed by atoms with Gasteiger partial charge in [-0.15, -0.1) is 6.42 Å². The fourth-order valence-corrected chi connectivity index (χ4v) is 4.77. The van der Waals surface area contributed by atoms with E-state index in [0.29, 0.717) is 31.7 Å². The van der Waals surface area contributed by atoms with Crippen LogP contribution in [0, 0.1) is 23.7 Å². The molecule has 4 aromatic rings. The van der Waals surface area contributed by atoms with Crippen molar-refractivity contribution in [3.8, 4) is 40.7 Å². The van der Waals surface area contributed by atoms with Gasteiger partial charge in [0, 0.05) is 67.6 Å². The summed E-state index contributed by atoms with van der Waals surface area (Å²) in [5.74, 6) is 2.49. The van der Waals surface area contributed by atoms with Crippen molar-refractivity contribution >= 4 is 17.2 Å². The summed E-state index contributed by atoms with van der Waals surface area (Å²) in [5, 5.41) is 21.2. The van der Waals surface area contributed by atoms with Gasteiger partial charge in [-0.3, -0.25) is 9.48 Å². The van der Waals surface area contributed by atoms with Crippen LogP contribution < -0.4 is 10.2 Å². The SMILES string of the molecule is C#CC(=O)NC1CCN(c2ccc(-c3cc(-c4cnn(C)c4)cn4ncc(C#N)c34)cn2)CC1OCC. The number of carbonyl (C=O) groups is 1. The van der Waals surface area contributed by atoms with Crippen molar-refractivity contribution in [2.45, 2.75) is 25.5 Å². The van der Waals surface area contributed by atoms with Crippen molar-refractivity contribution < 1.29 is 9.53 Å². The van der Waals surface area contributed by atoms with Gasteiger partial charge in [-0.2, -0.15) is 15.5 Å². The molecule has 186 valence electrons. The molecular weight excluding hydrogens is 468 g/mol. The van der Waals surface area contributed by atoms with E-state index in [1.807, 2.05) is 50.8 Å². The molecule has 0 radical (unpaired) electrons. The van der Waals surface area contributed by atoms with E-state index in [9.17, 15) is 10.1 Å². The van der Waals surface area contributed by atoms with E-state index in [4.69, 9.17) is 16.1 Å². The number of piperidine rings is 1. The van der Waals surface area contributed by atoms with Crippen LogP contribution in [0.2, 0.25) is 0 Å². The lowest BCUT2D eigenvalue weighted by atomic mass is 10.00. The fourth-order valence-electron chi connectivity index (χ4n) is 4.77. The number of amides is 1. The lowest BCUT2D eigenvalue weighted by Crippen LogP contribution is -2.55. The first-order valence-corrected chi connectivity index (χ1v) is 12.0. The van der Waals surface area contributed by atoms with E-state index in [1.165, 1.54) is 0 Å². The van der Waals surface area contributed by atoms with Gasteiger partial charge < -0.3 is 15.0 Å². The maximum Gasteiger partial charge on any atom is 0.295 e. The van der Waals surface area contributed by atoms with Crippen LogP contribution >= 0.6 is 0 Å². The molecule has 5 rings (SSSR count). The van der Waals surface area contributed by atoms with Crippen LogP contribution in [-0.2, 0) is 16.6 Å². The molecule has 0 saturated carbocycles. The van der Waals surface area contributed by atoms with Gasteiger partial charge >= 0.3 is 0 Å². The number of hydrogen-bond acceptors (Lipinski definition) is 7. The summed E-state index contributed by atoms with van der Waals surface area (Å²) >= 11 is 0. The molecule has 1 fully saturated rings. The first kappa shape index (κ1) is 24.0. The highest BCUT2D eigenvalue weighted by atomic mass is 16.5. The van der Waals surface area contributed by atoms with Crippen LogP contribution in [0.25, 0.3) is 27.8 Å². The minimum Gasteiger partial charge on any atom is -0.375 e. The molecule has 0 aliphatic carbocycles. The Morgan fingerprint density at radius 1 is 1.22 bits per heavy atom. The van der Waals surface area contributed by atoms with Gasteiger partial charge in [-0.25, -0.2) is 9.50 Å². The van der Waals surface area contributed by atoms with Crippen LogP contribution in [-0.4, -0.2) is 62.1 Å². The van der Waals surface area contributed by atoms with Gasteiger partial charge in [-0.05, 0) is 37.5 Å². The molecule has 1 aliphatic heterocycles. The second-order valence-corrected chi connectivity index (χ2v) is 8.87. The first-order valence-electron chi connectivity index (χ1n) is 12.0. The van der Waals surface area contributed by atoms with Gasteiger partial charge in [0.1, 0.15) is 11.9 Å². The molecule has 1 aliphatic rings. The molecule has 0 spiro atoms. The molecule has 0 bridgehead atoms. The summed E-state index contributed by atoms with van der Waals surface area (Å²) in [6.07, 6.45) is 14.7. The molecule has 5 heterocycles. The van der Waals surface area contributed by atoms with Crippen molar-refractivity contribution in [1.29, 1.82) is 5.26 Å². The zero-order valence-electron chi connectivity index (χ0n) is 20.6. The fraction of sp³-hybridized carbons (Fsp3) is 0.296. The highest BCUT2D eigenvalue weighted by molar-refractivity contribution is 5.93. The number of carbonyl (C=O) groups excluding carboxylic acids is 1. The number of fused-ring (bicyclic) bond motifs is 1. The minimum atomic E-state index is -0.429. The Morgan fingerprint density at radius 2 is 2.08 bits per heavy atom. The molecule has 37 heavy (non-hydrogen) atoms. The van der Waals surface area contributed by atoms with E-state index in [-0.39, 0.29) is 12.1 Å². The number of nitrogens with zero attached hydrogens (tertiary/aromatic N) is 7. The predicted molar refractivity (Wildman–Crippen MR) is 138 cm³/mol. The third-order valence-corrected chi connectivity index (χ3v) is 6.54. The summed E-state index contributed by atoms with van der Waals surface area (Å²) in [7, 11) is 1.87. The van der Waals surface area contributed by atoms with Gasteiger partial charge in [0.05, 0.1) is 35.6 Å². The number of anilines is 1. The topological polar surface area (TPSA) is 113 Å². The van der Waals surface area contributed by atoms with Gasteiger partial charge in [0.25, 0.3) is 5.91 Å². The highest BCUT2D eigenvalue weighted by Crippen LogP contribution is 2.32. The molecule has 1 amide bonds. The van der Waals surface area contributed by atoms with Crippen molar-refractivity contribution in [2.24, 2.45) is 7.05 Å². The van der Waals surface area contributed by atoms with Gasteiger partial charge in [0.2, 0.25) is 0 Å². The molecule has 4 aromatic heterocycles. The Labute approximate surface area is 214 Å². The summed E-state index contributed by atoms with van der Waals surface area (Å²) < 4.78 is 9.38. The number of aromatic nitrogens is 5. The van der Waals surface area contributed by atoms with E-state index in [0.717, 1.165) is 33.6 Å². The van der Waals surface area contributed by atoms with Crippen molar-refractivity contribution in [2.75, 3.05) is 24.6 Å². The van der Waals surface area contributed by atoms with Crippen LogP contribution in [0.3, 0.4) is 0 Å². The second kappa shape index (κ2) is 10.1. The highest BCUT2D eigenvalue weighted by Gasteiger charge is 2.31. The molecule has 10 nitrogen and oxygen atoms in total. The lowest BCUT2D eigenvalue weighted by molar-refractivity contribution is -0.117. The normalized spacial score (nSPS) is 17.4. The van der Waals surface area contributed by atoms with Crippen LogP contribution in [0.5, 0.6) is 0 Å². The third kappa shape index (κ3) is 4.75. The molecule has 0 aromatic carbocycles. The standard InChI is InChI=1S/C27H26N8O2/c1-4-26(36)32-23-8-9-34(17-24(23)37-5-2)25-7-6-18(12-29-25)22-10-19(21-14-30-33(3)15-21)16-35-27(22)20(11-28)13-31-35/h1,6-7,10,12-16,23-24H,5,8-9,17H2,2-3H3,(H,32,36). The van der Waals surface area contributed by atoms with E-state index in [2.05, 4.69) is 32.4 Å². The number of hydrogen-bond donors (Lipinski definition) is 1. The predicted octanol–water partition coefficient (Wildman–Crippen LogP) is 2.40. The van der Waals surface area contributed by atoms with Gasteiger partial charge in [0.15, 0.2) is 0 Å². The molecule has 2 unspecified atom stereocenters. The largest absolute Gasteiger partial charge is 0.375 e. The molecule has 10 heteroatoms. The van der Waals surface area contributed by atoms with Crippen molar-refractivity contribution in [3.63, 3.8) is 0 Å². The average Bonchev–Trinajstić information content (AvgIpc) is 3.55. The summed E-state index contributed by atoms with van der Waals surface area (Å²) in [6.45, 7) is 3.74. The quantitative estimate of drug-likeness (QED) is 0.410. The molecule has 2 atom stereocenters. The summed E-state index contributed by atoms with van der Waals surface area (Å²) in [6, 6.07) is 8.10. The Kier molecular flexibility index (Phi) is 6.59. The Balaban J connectivity index is 1.45. The third-order valence-electron chi connectivity index (χ3n) is 6.54. The molecule has 1 saturated heterocycles. The van der Waals surface area contributed by atoms with E-state index < -0.39 is 5.91 Å². The summed E-state index contributed by atoms with van der Waals surface area (Å²) in [5.41, 5.74) is 4.83. The monoisotopic (exact) mass is 494 g/mol. The summed E-state index contributed by atoms with van der Waals surface area (Å²) in [4.78, 5) is 18.6. The molecular formula is C27H26N8O2. The van der Waals surface area contributed by atoms with Gasteiger partial charge in [-0.1, -0.05) is 0 Å². The van der Waals surface area contributed by atoms with E-state index >= 15 is 0 Å². The van der Waals surface area contributed by atoms with Crippen molar-refractivity contribution in [1.82, 2.24) is 29.7 Å². The second-order valence-electron chi connectivity index (χ2n) is 8.87. The number of nitriles is 1. The zero-order valence-corrected chi connectivity index (χ0v) is 20.6. The number of pyridine rings is 2. The van der Waals surface area contributed by atoms with E-state index in [1.54, 1.807) is 21.6 Å². The Bertz CT molecular complexity index is 1520. The number of terminal acetylenes is 1. The van der Waals surface area contributed by atoms with Crippen LogP contribution in [0.4, 0.5) is 5.82 Å². The van der Waals surface area contributed by atoms with Crippen LogP contribution in [0.15, 0.2) is 49.2 Å². The number of aryl methyl sites for hydroxylation is 1. The number of ether oxygens (including phenoxy) is 1. The number of rotatable bonds is 6. The Morgan fingerprint density at radius 3 is 2.76 bits per heavy atom. The Hall–Kier alpha value is -4.67. The maximum atomic E-state index is 11.7. The first-order chi connectivity index (χ1) is 18.0. The maximum absolute atomic E-state index is 11.7. The van der Waals surface area contributed by atoms with Crippen molar-refractivity contribution in [3.05, 3.63) is 54.7 Å².